The summed E-state index contributed by atoms with van der Waals surface area (Å²) in [5.74, 6) is 0. The van der Waals surface area contributed by atoms with Gasteiger partial charge in [0.25, 0.3) is 0 Å². The Kier molecular flexibility index (Phi) is 8.70. The lowest BCUT2D eigenvalue weighted by Gasteiger charge is -2.29. The van der Waals surface area contributed by atoms with E-state index in [2.05, 4.69) is 0 Å². The van der Waals surface area contributed by atoms with Crippen molar-refractivity contribution < 1.29 is 29.9 Å². The van der Waals surface area contributed by atoms with Crippen LogP contribution >= 0.6 is 0 Å². The van der Waals surface area contributed by atoms with E-state index >= 15 is 0 Å². The summed E-state index contributed by atoms with van der Waals surface area (Å²) >= 11 is 0. The van der Waals surface area contributed by atoms with Crippen LogP contribution in [0.15, 0.2) is 60.7 Å². The van der Waals surface area contributed by atoms with Gasteiger partial charge in [-0.25, -0.2) is 0 Å². The van der Waals surface area contributed by atoms with Crippen molar-refractivity contribution in [3.8, 4) is 0 Å². The lowest BCUT2D eigenvalue weighted by atomic mass is 10.0. The van der Waals surface area contributed by atoms with Crippen LogP contribution in [0.4, 0.5) is 0 Å². The average Bonchev–Trinajstić information content (AvgIpc) is 2.69. The molecule has 0 aliphatic carbocycles. The third-order valence-corrected chi connectivity index (χ3v) is 3.98. The summed E-state index contributed by atoms with van der Waals surface area (Å²) in [6, 6.07) is 18.7. The van der Waals surface area contributed by atoms with Gasteiger partial charge in [-0.3, -0.25) is 0 Å². The lowest BCUT2D eigenvalue weighted by Crippen LogP contribution is -2.48. The predicted octanol–water partition coefficient (Wildman–Crippen LogP) is 0.864. The maximum Gasteiger partial charge on any atom is 0.115 e. The maximum atomic E-state index is 10.3. The lowest BCUT2D eigenvalue weighted by molar-refractivity contribution is -0.157. The van der Waals surface area contributed by atoms with Crippen molar-refractivity contribution in [1.82, 2.24) is 0 Å². The molecule has 0 saturated heterocycles. The van der Waals surface area contributed by atoms with Crippen molar-refractivity contribution in [2.24, 2.45) is 0 Å². The topological polar surface area (TPSA) is 99.4 Å². The van der Waals surface area contributed by atoms with Crippen LogP contribution in [-0.4, -0.2) is 58.1 Å². The van der Waals surface area contributed by atoms with Gasteiger partial charge in [0.15, 0.2) is 0 Å². The molecule has 4 atom stereocenters. The second kappa shape index (κ2) is 11.0. The normalized spacial score (nSPS) is 16.0. The molecule has 0 radical (unpaired) electrons. The fourth-order valence-electron chi connectivity index (χ4n) is 2.50. The summed E-state index contributed by atoms with van der Waals surface area (Å²) in [6.45, 7) is -0.284. The average molecular weight is 362 g/mol. The van der Waals surface area contributed by atoms with Crippen molar-refractivity contribution in [2.75, 3.05) is 13.2 Å². The standard InChI is InChI=1S/C20H26O6/c21-11-17(22)20(26-13-16-9-5-2-6-10-16)19(24)18(23)14-25-12-15-7-3-1-4-8-15/h1-10,17-24H,11-14H2/t17-,18+,19+,20+/m0/s1. The Morgan fingerprint density at radius 3 is 1.81 bits per heavy atom. The highest BCUT2D eigenvalue weighted by atomic mass is 16.5. The largest absolute Gasteiger partial charge is 0.394 e. The molecule has 0 heterocycles. The first-order valence-electron chi connectivity index (χ1n) is 8.54. The Bertz CT molecular complexity index is 606. The number of aliphatic hydroxyl groups excluding tert-OH is 4. The predicted molar refractivity (Wildman–Crippen MR) is 96.2 cm³/mol. The van der Waals surface area contributed by atoms with Crippen LogP contribution in [0.5, 0.6) is 0 Å². The van der Waals surface area contributed by atoms with E-state index in [9.17, 15) is 20.4 Å². The van der Waals surface area contributed by atoms with E-state index in [0.29, 0.717) is 6.61 Å². The number of hydrogen-bond acceptors (Lipinski definition) is 6. The van der Waals surface area contributed by atoms with Crippen molar-refractivity contribution in [3.05, 3.63) is 71.8 Å². The molecular weight excluding hydrogens is 336 g/mol. The van der Waals surface area contributed by atoms with Gasteiger partial charge in [-0.15, -0.1) is 0 Å². The number of ether oxygens (including phenoxy) is 2. The van der Waals surface area contributed by atoms with Gasteiger partial charge in [0.2, 0.25) is 0 Å². The number of aliphatic hydroxyl groups is 4. The molecule has 0 aliphatic heterocycles. The summed E-state index contributed by atoms with van der Waals surface area (Å²) in [5.41, 5.74) is 1.80. The minimum absolute atomic E-state index is 0.126. The van der Waals surface area contributed by atoms with Crippen LogP contribution in [0.25, 0.3) is 0 Å². The molecule has 0 unspecified atom stereocenters. The highest BCUT2D eigenvalue weighted by Gasteiger charge is 2.32. The van der Waals surface area contributed by atoms with E-state index in [-0.39, 0.29) is 13.2 Å². The molecule has 6 nitrogen and oxygen atoms in total. The second-order valence-electron chi connectivity index (χ2n) is 6.07. The summed E-state index contributed by atoms with van der Waals surface area (Å²) in [7, 11) is 0. The first-order chi connectivity index (χ1) is 12.6. The number of rotatable bonds is 11. The van der Waals surface area contributed by atoms with Crippen LogP contribution in [0.2, 0.25) is 0 Å². The van der Waals surface area contributed by atoms with E-state index in [1.54, 1.807) is 0 Å². The Hall–Kier alpha value is -1.80. The smallest absolute Gasteiger partial charge is 0.115 e. The summed E-state index contributed by atoms with van der Waals surface area (Å²) < 4.78 is 11.0. The first kappa shape index (κ1) is 20.5. The fraction of sp³-hybridized carbons (Fsp3) is 0.400. The zero-order valence-corrected chi connectivity index (χ0v) is 14.5. The molecule has 0 fully saturated rings. The van der Waals surface area contributed by atoms with Crippen LogP contribution in [-0.2, 0) is 22.7 Å². The molecule has 2 aromatic carbocycles. The Balaban J connectivity index is 1.86. The Morgan fingerprint density at radius 1 is 0.731 bits per heavy atom. The van der Waals surface area contributed by atoms with E-state index in [0.717, 1.165) is 11.1 Å². The van der Waals surface area contributed by atoms with Crippen molar-refractivity contribution in [3.63, 3.8) is 0 Å². The third-order valence-electron chi connectivity index (χ3n) is 3.98. The molecule has 2 aromatic rings. The molecule has 0 aliphatic rings. The third kappa shape index (κ3) is 6.49. The van der Waals surface area contributed by atoms with Crippen LogP contribution in [0.3, 0.4) is 0 Å². The van der Waals surface area contributed by atoms with Crippen LogP contribution < -0.4 is 0 Å². The van der Waals surface area contributed by atoms with Gasteiger partial charge >= 0.3 is 0 Å². The van der Waals surface area contributed by atoms with Crippen LogP contribution in [0, 0.1) is 0 Å². The van der Waals surface area contributed by atoms with Crippen molar-refractivity contribution >= 4 is 0 Å². The zero-order chi connectivity index (χ0) is 18.8. The van der Waals surface area contributed by atoms with Gasteiger partial charge in [-0.1, -0.05) is 60.7 Å². The van der Waals surface area contributed by atoms with E-state index in [1.807, 2.05) is 60.7 Å². The molecule has 0 spiro atoms. The summed E-state index contributed by atoms with van der Waals surface area (Å²) in [4.78, 5) is 0. The molecule has 2 rings (SSSR count). The first-order valence-corrected chi connectivity index (χ1v) is 8.54. The number of hydrogen-bond donors (Lipinski definition) is 4. The zero-order valence-electron chi connectivity index (χ0n) is 14.5. The van der Waals surface area contributed by atoms with Gasteiger partial charge in [0, 0.05) is 0 Å². The van der Waals surface area contributed by atoms with Crippen molar-refractivity contribution in [2.45, 2.75) is 37.6 Å². The monoisotopic (exact) mass is 362 g/mol. The van der Waals surface area contributed by atoms with Gasteiger partial charge < -0.3 is 29.9 Å². The minimum atomic E-state index is -1.41. The van der Waals surface area contributed by atoms with E-state index in [4.69, 9.17) is 9.47 Å². The van der Waals surface area contributed by atoms with Crippen LogP contribution in [0.1, 0.15) is 11.1 Å². The fourth-order valence-corrected chi connectivity index (χ4v) is 2.50. The Labute approximate surface area is 153 Å². The molecule has 4 N–H and O–H groups in total. The van der Waals surface area contributed by atoms with Gasteiger partial charge in [-0.2, -0.15) is 0 Å². The highest BCUT2D eigenvalue weighted by molar-refractivity contribution is 5.14. The molecular formula is C20H26O6. The quantitative estimate of drug-likeness (QED) is 0.473. The van der Waals surface area contributed by atoms with E-state index in [1.165, 1.54) is 0 Å². The summed E-state index contributed by atoms with van der Waals surface area (Å²) in [5, 5.41) is 39.6. The molecule has 0 aromatic heterocycles. The number of benzene rings is 2. The molecule has 0 saturated carbocycles. The summed E-state index contributed by atoms with van der Waals surface area (Å²) in [6.07, 6.45) is -5.13. The highest BCUT2D eigenvalue weighted by Crippen LogP contribution is 2.14. The molecule has 0 bridgehead atoms. The second-order valence-corrected chi connectivity index (χ2v) is 6.07. The van der Waals surface area contributed by atoms with Gasteiger partial charge in [-0.05, 0) is 11.1 Å². The van der Waals surface area contributed by atoms with Gasteiger partial charge in [0.1, 0.15) is 24.4 Å². The van der Waals surface area contributed by atoms with E-state index < -0.39 is 31.0 Å². The minimum Gasteiger partial charge on any atom is -0.394 e. The SMILES string of the molecule is OC[C@H](O)[C@@H](OCc1ccccc1)[C@H](O)[C@H](O)COCc1ccccc1. The Morgan fingerprint density at radius 2 is 1.27 bits per heavy atom. The van der Waals surface area contributed by atoms with Gasteiger partial charge in [0.05, 0.1) is 26.4 Å². The molecule has 0 amide bonds. The molecule has 6 heteroatoms. The molecule has 26 heavy (non-hydrogen) atoms. The maximum absolute atomic E-state index is 10.3. The molecule has 142 valence electrons. The van der Waals surface area contributed by atoms with Crippen molar-refractivity contribution in [1.29, 1.82) is 0 Å².